The van der Waals surface area contributed by atoms with E-state index in [0.29, 0.717) is 24.0 Å². The molecular formula is C20H23N5O3. The van der Waals surface area contributed by atoms with E-state index in [9.17, 15) is 4.79 Å². The summed E-state index contributed by atoms with van der Waals surface area (Å²) in [5, 5.41) is 8.22. The van der Waals surface area contributed by atoms with Gasteiger partial charge in [-0.3, -0.25) is 9.48 Å². The quantitative estimate of drug-likeness (QED) is 0.675. The van der Waals surface area contributed by atoms with E-state index < -0.39 is 0 Å². The van der Waals surface area contributed by atoms with Gasteiger partial charge in [0.2, 0.25) is 0 Å². The maximum Gasteiger partial charge on any atom is 0.272 e. The molecule has 1 fully saturated rings. The van der Waals surface area contributed by atoms with E-state index >= 15 is 0 Å². The Labute approximate surface area is 163 Å². The van der Waals surface area contributed by atoms with Crippen molar-refractivity contribution >= 4 is 5.91 Å². The highest BCUT2D eigenvalue weighted by Crippen LogP contribution is 2.30. The van der Waals surface area contributed by atoms with Crippen LogP contribution in [0.3, 0.4) is 0 Å². The molecule has 8 heteroatoms. The Morgan fingerprint density at radius 2 is 2.07 bits per heavy atom. The summed E-state index contributed by atoms with van der Waals surface area (Å²) in [4.78, 5) is 19.3. The van der Waals surface area contributed by atoms with Gasteiger partial charge in [0.05, 0.1) is 6.04 Å². The standard InChI is InChI=1S/C20H23N5O3/c1-14-6-8-15(9-7-14)27-13-18-22-19(23-28-18)16-5-3-4-12-25(16)20(26)17-10-11-21-24(17)2/h6-11,16H,3-5,12-13H2,1-2H3. The van der Waals surface area contributed by atoms with Gasteiger partial charge in [-0.1, -0.05) is 22.9 Å². The lowest BCUT2D eigenvalue weighted by Crippen LogP contribution is -2.39. The van der Waals surface area contributed by atoms with E-state index in [1.165, 1.54) is 5.56 Å². The highest BCUT2D eigenvalue weighted by Gasteiger charge is 2.33. The van der Waals surface area contributed by atoms with Crippen molar-refractivity contribution in [2.75, 3.05) is 6.54 Å². The molecule has 0 aliphatic carbocycles. The summed E-state index contributed by atoms with van der Waals surface area (Å²) in [5.74, 6) is 1.61. The number of aryl methyl sites for hydroxylation is 2. The van der Waals surface area contributed by atoms with Crippen molar-refractivity contribution in [3.63, 3.8) is 0 Å². The zero-order valence-corrected chi connectivity index (χ0v) is 16.0. The Hall–Kier alpha value is -3.16. The van der Waals surface area contributed by atoms with Crippen LogP contribution < -0.4 is 4.74 Å². The van der Waals surface area contributed by atoms with Gasteiger partial charge in [-0.05, 0) is 44.4 Å². The first kappa shape index (κ1) is 18.2. The zero-order chi connectivity index (χ0) is 19.5. The Bertz CT molecular complexity index is 947. The van der Waals surface area contributed by atoms with Crippen LogP contribution in [0.1, 0.15) is 53.1 Å². The van der Waals surface area contributed by atoms with Gasteiger partial charge in [-0.25, -0.2) is 0 Å². The molecule has 2 aromatic heterocycles. The second kappa shape index (κ2) is 7.84. The number of rotatable bonds is 5. The second-order valence-electron chi connectivity index (χ2n) is 7.00. The van der Waals surface area contributed by atoms with E-state index in [1.54, 1.807) is 24.0 Å². The van der Waals surface area contributed by atoms with Crippen LogP contribution in [0.2, 0.25) is 0 Å². The molecule has 4 rings (SSSR count). The molecule has 1 amide bonds. The maximum absolute atomic E-state index is 13.0. The van der Waals surface area contributed by atoms with Crippen molar-refractivity contribution in [3.8, 4) is 5.75 Å². The number of carbonyl (C=O) groups excluding carboxylic acids is 1. The summed E-state index contributed by atoms with van der Waals surface area (Å²) in [6.07, 6.45) is 4.41. The molecule has 1 saturated heterocycles. The lowest BCUT2D eigenvalue weighted by Gasteiger charge is -2.33. The molecular weight excluding hydrogens is 358 g/mol. The van der Waals surface area contributed by atoms with Crippen LogP contribution in [0.15, 0.2) is 41.1 Å². The number of hydrogen-bond donors (Lipinski definition) is 0. The van der Waals surface area contributed by atoms with Crippen molar-refractivity contribution in [3.05, 3.63) is 59.5 Å². The molecule has 0 bridgehead atoms. The Morgan fingerprint density at radius 1 is 1.25 bits per heavy atom. The predicted octanol–water partition coefficient (Wildman–Crippen LogP) is 3.06. The van der Waals surface area contributed by atoms with Crippen molar-refractivity contribution in [1.82, 2.24) is 24.8 Å². The van der Waals surface area contributed by atoms with Gasteiger partial charge >= 0.3 is 0 Å². The van der Waals surface area contributed by atoms with Gasteiger partial charge < -0.3 is 14.2 Å². The molecule has 1 aromatic carbocycles. The number of benzene rings is 1. The van der Waals surface area contributed by atoms with Crippen LogP contribution in [0.5, 0.6) is 5.75 Å². The Balaban J connectivity index is 1.47. The first-order valence-corrected chi connectivity index (χ1v) is 9.43. The SMILES string of the molecule is Cc1ccc(OCc2nc(C3CCCCN3C(=O)c3ccnn3C)no2)cc1. The summed E-state index contributed by atoms with van der Waals surface area (Å²) in [6, 6.07) is 9.31. The minimum atomic E-state index is -0.201. The highest BCUT2D eigenvalue weighted by atomic mass is 16.5. The van der Waals surface area contributed by atoms with Crippen LogP contribution in [0.25, 0.3) is 0 Å². The Morgan fingerprint density at radius 3 is 2.82 bits per heavy atom. The molecule has 3 aromatic rings. The first-order chi connectivity index (χ1) is 13.6. The molecule has 0 spiro atoms. The number of hydrogen-bond acceptors (Lipinski definition) is 6. The molecule has 3 heterocycles. The summed E-state index contributed by atoms with van der Waals surface area (Å²) in [6.45, 7) is 2.88. The molecule has 8 nitrogen and oxygen atoms in total. The van der Waals surface area contributed by atoms with Crippen LogP contribution in [-0.4, -0.2) is 37.3 Å². The molecule has 1 aliphatic heterocycles. The Kier molecular flexibility index (Phi) is 5.10. The average molecular weight is 381 g/mol. The third-order valence-electron chi connectivity index (χ3n) is 4.97. The van der Waals surface area contributed by atoms with Gasteiger partial charge in [0.1, 0.15) is 11.4 Å². The van der Waals surface area contributed by atoms with Gasteiger partial charge in [0, 0.05) is 19.8 Å². The largest absolute Gasteiger partial charge is 0.484 e. The maximum atomic E-state index is 13.0. The van der Waals surface area contributed by atoms with E-state index in [-0.39, 0.29) is 18.6 Å². The zero-order valence-electron chi connectivity index (χ0n) is 16.0. The van der Waals surface area contributed by atoms with Crippen LogP contribution >= 0.6 is 0 Å². The molecule has 1 unspecified atom stereocenters. The first-order valence-electron chi connectivity index (χ1n) is 9.43. The topological polar surface area (TPSA) is 86.3 Å². The molecule has 1 atom stereocenters. The summed E-state index contributed by atoms with van der Waals surface area (Å²) < 4.78 is 12.7. The van der Waals surface area contributed by atoms with Gasteiger partial charge in [-0.2, -0.15) is 10.1 Å². The number of aromatic nitrogens is 4. The molecule has 0 saturated carbocycles. The third-order valence-corrected chi connectivity index (χ3v) is 4.97. The van der Waals surface area contributed by atoms with Crippen molar-refractivity contribution < 1.29 is 14.1 Å². The fourth-order valence-corrected chi connectivity index (χ4v) is 3.42. The third kappa shape index (κ3) is 3.76. The fourth-order valence-electron chi connectivity index (χ4n) is 3.42. The molecule has 0 radical (unpaired) electrons. The number of likely N-dealkylation sites (tertiary alicyclic amines) is 1. The number of ether oxygens (including phenoxy) is 1. The van der Waals surface area contributed by atoms with Crippen molar-refractivity contribution in [2.24, 2.45) is 7.05 Å². The number of amides is 1. The van der Waals surface area contributed by atoms with Gasteiger partial charge in [-0.15, -0.1) is 0 Å². The smallest absolute Gasteiger partial charge is 0.272 e. The van der Waals surface area contributed by atoms with E-state index in [4.69, 9.17) is 9.26 Å². The monoisotopic (exact) mass is 381 g/mol. The summed E-state index contributed by atoms with van der Waals surface area (Å²) in [7, 11) is 1.76. The van der Waals surface area contributed by atoms with E-state index in [0.717, 1.165) is 25.0 Å². The summed E-state index contributed by atoms with van der Waals surface area (Å²) in [5.41, 5.74) is 1.72. The molecule has 28 heavy (non-hydrogen) atoms. The molecule has 146 valence electrons. The minimum Gasteiger partial charge on any atom is -0.484 e. The van der Waals surface area contributed by atoms with Gasteiger partial charge in [0.25, 0.3) is 11.8 Å². The predicted molar refractivity (Wildman–Crippen MR) is 101 cm³/mol. The van der Waals surface area contributed by atoms with Crippen LogP contribution in [-0.2, 0) is 13.7 Å². The number of nitrogens with zero attached hydrogens (tertiary/aromatic N) is 5. The number of piperidine rings is 1. The van der Waals surface area contributed by atoms with E-state index in [1.807, 2.05) is 36.1 Å². The average Bonchev–Trinajstić information content (AvgIpc) is 3.36. The second-order valence-corrected chi connectivity index (χ2v) is 7.00. The lowest BCUT2D eigenvalue weighted by molar-refractivity contribution is 0.0585. The van der Waals surface area contributed by atoms with Crippen LogP contribution in [0, 0.1) is 6.92 Å². The fraction of sp³-hybridized carbons (Fsp3) is 0.400. The van der Waals surface area contributed by atoms with Gasteiger partial charge in [0.15, 0.2) is 12.4 Å². The number of carbonyl (C=O) groups is 1. The summed E-state index contributed by atoms with van der Waals surface area (Å²) >= 11 is 0. The normalized spacial score (nSPS) is 16.9. The van der Waals surface area contributed by atoms with E-state index in [2.05, 4.69) is 15.2 Å². The van der Waals surface area contributed by atoms with Crippen LogP contribution in [0.4, 0.5) is 0 Å². The highest BCUT2D eigenvalue weighted by molar-refractivity contribution is 5.92. The van der Waals surface area contributed by atoms with Crippen molar-refractivity contribution in [1.29, 1.82) is 0 Å². The molecule has 0 N–H and O–H groups in total. The minimum absolute atomic E-state index is 0.0630. The van der Waals surface area contributed by atoms with Crippen molar-refractivity contribution in [2.45, 2.75) is 38.8 Å². The lowest BCUT2D eigenvalue weighted by atomic mass is 10.0. The molecule has 1 aliphatic rings.